The molecule has 27 heavy (non-hydrogen) atoms. The predicted octanol–water partition coefficient (Wildman–Crippen LogP) is 1.91. The summed E-state index contributed by atoms with van der Waals surface area (Å²) in [5.74, 6) is 0.129. The van der Waals surface area contributed by atoms with Gasteiger partial charge < -0.3 is 10.2 Å². The van der Waals surface area contributed by atoms with Gasteiger partial charge >= 0.3 is 0 Å². The Morgan fingerprint density at radius 1 is 1.11 bits per heavy atom. The van der Waals surface area contributed by atoms with Crippen molar-refractivity contribution < 1.29 is 13.2 Å². The van der Waals surface area contributed by atoms with Crippen LogP contribution in [-0.2, 0) is 14.8 Å². The summed E-state index contributed by atoms with van der Waals surface area (Å²) in [5.41, 5.74) is 1.83. The average Bonchev–Trinajstić information content (AvgIpc) is 2.67. The molecule has 2 fully saturated rings. The summed E-state index contributed by atoms with van der Waals surface area (Å²) in [7, 11) is -1.56. The van der Waals surface area contributed by atoms with Gasteiger partial charge in [-0.3, -0.25) is 4.79 Å². The van der Waals surface area contributed by atoms with E-state index in [1.54, 1.807) is 10.4 Å². The van der Waals surface area contributed by atoms with Crippen LogP contribution in [0.4, 0.5) is 0 Å². The van der Waals surface area contributed by atoms with E-state index in [0.717, 1.165) is 37.1 Å². The molecule has 2 aliphatic rings. The van der Waals surface area contributed by atoms with Gasteiger partial charge in [-0.2, -0.15) is 4.31 Å². The van der Waals surface area contributed by atoms with Gasteiger partial charge in [0.05, 0.1) is 4.90 Å². The molecule has 7 heteroatoms. The fourth-order valence-corrected chi connectivity index (χ4v) is 5.92. The maximum absolute atomic E-state index is 13.0. The molecule has 3 rings (SSSR count). The number of aryl methyl sites for hydroxylation is 2. The van der Waals surface area contributed by atoms with Crippen molar-refractivity contribution in [2.24, 2.45) is 5.92 Å². The van der Waals surface area contributed by atoms with Gasteiger partial charge in [-0.05, 0) is 58.2 Å². The van der Waals surface area contributed by atoms with Gasteiger partial charge in [0.1, 0.15) is 0 Å². The Labute approximate surface area is 163 Å². The second-order valence-electron chi connectivity index (χ2n) is 7.86. The van der Waals surface area contributed by atoms with Gasteiger partial charge in [0, 0.05) is 38.1 Å². The summed E-state index contributed by atoms with van der Waals surface area (Å²) < 4.78 is 27.5. The largest absolute Gasteiger partial charge is 0.341 e. The third-order valence-corrected chi connectivity index (χ3v) is 7.95. The smallest absolute Gasteiger partial charge is 0.243 e. The Balaban J connectivity index is 1.63. The van der Waals surface area contributed by atoms with Gasteiger partial charge in [0.25, 0.3) is 0 Å². The molecule has 1 aromatic carbocycles. The quantitative estimate of drug-likeness (QED) is 0.848. The van der Waals surface area contributed by atoms with Crippen molar-refractivity contribution in [2.75, 3.05) is 33.2 Å². The van der Waals surface area contributed by atoms with Crippen molar-refractivity contribution >= 4 is 15.9 Å². The highest BCUT2D eigenvalue weighted by Crippen LogP contribution is 2.27. The Morgan fingerprint density at radius 2 is 1.81 bits per heavy atom. The second-order valence-corrected chi connectivity index (χ2v) is 9.77. The zero-order valence-electron chi connectivity index (χ0n) is 16.6. The molecule has 1 atom stereocenters. The van der Waals surface area contributed by atoms with Gasteiger partial charge in [-0.1, -0.05) is 17.7 Å². The number of piperidine rings is 2. The van der Waals surface area contributed by atoms with Crippen LogP contribution in [0.3, 0.4) is 0 Å². The minimum absolute atomic E-state index is 0.0637. The summed E-state index contributed by atoms with van der Waals surface area (Å²) in [6.45, 7) is 6.20. The number of likely N-dealkylation sites (tertiary alicyclic amines) is 1. The lowest BCUT2D eigenvalue weighted by Crippen LogP contribution is -2.50. The number of hydrogen-bond acceptors (Lipinski definition) is 4. The third kappa shape index (κ3) is 4.36. The van der Waals surface area contributed by atoms with Crippen LogP contribution in [0.25, 0.3) is 0 Å². The topological polar surface area (TPSA) is 69.7 Å². The fourth-order valence-electron chi connectivity index (χ4n) is 4.24. The number of likely N-dealkylation sites (N-methyl/N-ethyl adjacent to an activating group) is 1. The molecule has 1 aromatic rings. The fraction of sp³-hybridized carbons (Fsp3) is 0.650. The number of carbonyl (C=O) groups is 1. The zero-order valence-corrected chi connectivity index (χ0v) is 17.4. The van der Waals surface area contributed by atoms with Crippen molar-refractivity contribution in [2.45, 2.75) is 50.5 Å². The van der Waals surface area contributed by atoms with Crippen LogP contribution < -0.4 is 5.32 Å². The summed E-state index contributed by atoms with van der Waals surface area (Å²) in [5, 5.41) is 3.26. The maximum Gasteiger partial charge on any atom is 0.243 e. The minimum atomic E-state index is -3.50. The molecule has 150 valence electrons. The number of carbonyl (C=O) groups excluding carboxylic acids is 1. The minimum Gasteiger partial charge on any atom is -0.341 e. The van der Waals surface area contributed by atoms with E-state index in [1.807, 2.05) is 37.9 Å². The highest BCUT2D eigenvalue weighted by Gasteiger charge is 2.35. The van der Waals surface area contributed by atoms with E-state index in [9.17, 15) is 13.2 Å². The molecule has 1 N–H and O–H groups in total. The number of amides is 1. The lowest BCUT2D eigenvalue weighted by molar-refractivity contribution is -0.138. The molecular formula is C20H31N3O3S. The van der Waals surface area contributed by atoms with Crippen molar-refractivity contribution in [3.63, 3.8) is 0 Å². The van der Waals surface area contributed by atoms with E-state index in [0.29, 0.717) is 36.9 Å². The monoisotopic (exact) mass is 393 g/mol. The first-order valence-corrected chi connectivity index (χ1v) is 11.3. The number of nitrogens with one attached hydrogen (secondary N) is 1. The van der Waals surface area contributed by atoms with E-state index >= 15 is 0 Å². The molecule has 2 aliphatic heterocycles. The van der Waals surface area contributed by atoms with Gasteiger partial charge in [0.15, 0.2) is 0 Å². The SMILES string of the molecule is CNC1CCCN(C(=O)C2CCN(S(=O)(=O)c3ccc(C)cc3C)CC2)C1. The van der Waals surface area contributed by atoms with Gasteiger partial charge in [0.2, 0.25) is 15.9 Å². The van der Waals surface area contributed by atoms with Crippen molar-refractivity contribution in [3.05, 3.63) is 29.3 Å². The van der Waals surface area contributed by atoms with E-state index < -0.39 is 10.0 Å². The summed E-state index contributed by atoms with van der Waals surface area (Å²) >= 11 is 0. The standard InChI is InChI=1S/C20H31N3O3S/c1-15-6-7-19(16(2)13-15)27(25,26)23-11-8-17(9-12-23)20(24)22-10-4-5-18(14-22)21-3/h6-7,13,17-18,21H,4-5,8-12,14H2,1-3H3. The second kappa shape index (κ2) is 8.29. The normalized spacial score (nSPS) is 22.8. The van der Waals surface area contributed by atoms with Crippen LogP contribution in [0.15, 0.2) is 23.1 Å². The molecule has 2 heterocycles. The summed E-state index contributed by atoms with van der Waals surface area (Å²) in [6, 6.07) is 5.80. The van der Waals surface area contributed by atoms with Crippen LogP contribution in [0.5, 0.6) is 0 Å². The molecule has 0 aromatic heterocycles. The van der Waals surface area contributed by atoms with Crippen LogP contribution in [0, 0.1) is 19.8 Å². The molecule has 0 saturated carbocycles. The number of sulfonamides is 1. The lowest BCUT2D eigenvalue weighted by atomic mass is 9.95. The molecule has 1 amide bonds. The Morgan fingerprint density at radius 3 is 2.44 bits per heavy atom. The molecule has 1 unspecified atom stereocenters. The average molecular weight is 394 g/mol. The van der Waals surface area contributed by atoms with Crippen LogP contribution in [0.1, 0.15) is 36.8 Å². The molecular weight excluding hydrogens is 362 g/mol. The summed E-state index contributed by atoms with van der Waals surface area (Å²) in [6.07, 6.45) is 3.33. The Bertz CT molecular complexity index is 786. The van der Waals surface area contributed by atoms with Crippen molar-refractivity contribution in [3.8, 4) is 0 Å². The molecule has 6 nitrogen and oxygen atoms in total. The first-order chi connectivity index (χ1) is 12.8. The van der Waals surface area contributed by atoms with Crippen LogP contribution in [-0.4, -0.2) is 62.8 Å². The van der Waals surface area contributed by atoms with Crippen molar-refractivity contribution in [1.82, 2.24) is 14.5 Å². The van der Waals surface area contributed by atoms with E-state index in [4.69, 9.17) is 0 Å². The number of rotatable bonds is 4. The highest BCUT2D eigenvalue weighted by atomic mass is 32.2. The van der Waals surface area contributed by atoms with Crippen LogP contribution >= 0.6 is 0 Å². The molecule has 0 aliphatic carbocycles. The van der Waals surface area contributed by atoms with E-state index in [2.05, 4.69) is 5.32 Å². The van der Waals surface area contributed by atoms with Gasteiger partial charge in [-0.25, -0.2) is 8.42 Å². The predicted molar refractivity (Wildman–Crippen MR) is 106 cm³/mol. The highest BCUT2D eigenvalue weighted by molar-refractivity contribution is 7.89. The molecule has 0 spiro atoms. The Hall–Kier alpha value is -1.44. The number of hydrogen-bond donors (Lipinski definition) is 1. The number of nitrogens with zero attached hydrogens (tertiary/aromatic N) is 2. The first kappa shape index (κ1) is 20.3. The molecule has 0 radical (unpaired) electrons. The van der Waals surface area contributed by atoms with Gasteiger partial charge in [-0.15, -0.1) is 0 Å². The van der Waals surface area contributed by atoms with E-state index in [-0.39, 0.29) is 11.8 Å². The zero-order chi connectivity index (χ0) is 19.6. The van der Waals surface area contributed by atoms with Crippen LogP contribution in [0.2, 0.25) is 0 Å². The Kier molecular flexibility index (Phi) is 6.23. The maximum atomic E-state index is 13.0. The molecule has 0 bridgehead atoms. The van der Waals surface area contributed by atoms with Crippen molar-refractivity contribution in [1.29, 1.82) is 0 Å². The summed E-state index contributed by atoms with van der Waals surface area (Å²) in [4.78, 5) is 15.2. The number of benzene rings is 1. The molecule has 2 saturated heterocycles. The van der Waals surface area contributed by atoms with E-state index in [1.165, 1.54) is 0 Å². The third-order valence-electron chi connectivity index (χ3n) is 5.89. The lowest BCUT2D eigenvalue weighted by Gasteiger charge is -2.37. The first-order valence-electron chi connectivity index (χ1n) is 9.86.